The van der Waals surface area contributed by atoms with Crippen LogP contribution in [0, 0.1) is 0 Å². The zero-order valence-corrected chi connectivity index (χ0v) is 19.0. The van der Waals surface area contributed by atoms with Crippen LogP contribution in [0.1, 0.15) is 18.5 Å². The fourth-order valence-corrected chi connectivity index (χ4v) is 3.89. The third-order valence-electron chi connectivity index (χ3n) is 5.42. The third-order valence-corrected chi connectivity index (χ3v) is 5.42. The highest BCUT2D eigenvalue weighted by atomic mass is 16.5. The van der Waals surface area contributed by atoms with Crippen molar-refractivity contribution in [3.63, 3.8) is 0 Å². The van der Waals surface area contributed by atoms with E-state index < -0.39 is 6.04 Å². The molecule has 0 unspecified atom stereocenters. The smallest absolute Gasteiger partial charge is 0.255 e. The van der Waals surface area contributed by atoms with Crippen LogP contribution < -0.4 is 29.6 Å². The molecule has 0 bridgehead atoms. The van der Waals surface area contributed by atoms with Gasteiger partial charge in [-0.1, -0.05) is 0 Å². The van der Waals surface area contributed by atoms with Crippen LogP contribution in [-0.4, -0.2) is 49.1 Å². The molecule has 172 valence electrons. The minimum absolute atomic E-state index is 0.298. The van der Waals surface area contributed by atoms with Gasteiger partial charge in [-0.25, -0.2) is 4.68 Å². The second-order valence-electron chi connectivity index (χ2n) is 7.20. The predicted molar refractivity (Wildman–Crippen MR) is 122 cm³/mol. The number of allylic oxidation sites excluding steroid dienone is 1. The fourth-order valence-electron chi connectivity index (χ4n) is 3.89. The lowest BCUT2D eigenvalue weighted by Gasteiger charge is -2.30. The van der Waals surface area contributed by atoms with E-state index in [1.54, 1.807) is 49.2 Å². The number of nitrogens with zero attached hydrogens (tertiary/aromatic N) is 3. The third kappa shape index (κ3) is 3.91. The molecule has 3 aromatic rings. The number of fused-ring (bicyclic) bond motifs is 1. The van der Waals surface area contributed by atoms with Crippen LogP contribution in [0.4, 0.5) is 11.6 Å². The quantitative estimate of drug-likeness (QED) is 0.564. The Morgan fingerprint density at radius 1 is 0.970 bits per heavy atom. The van der Waals surface area contributed by atoms with Gasteiger partial charge in [0.05, 0.1) is 34.0 Å². The lowest BCUT2D eigenvalue weighted by Crippen LogP contribution is -2.31. The number of anilines is 2. The summed E-state index contributed by atoms with van der Waals surface area (Å²) in [5.74, 6) is 2.28. The second kappa shape index (κ2) is 9.11. The number of hydrogen-bond donors (Lipinski definition) is 2. The Balaban J connectivity index is 1.82. The summed E-state index contributed by atoms with van der Waals surface area (Å²) < 4.78 is 23.5. The number of nitrogens with one attached hydrogen (secondary N) is 2. The lowest BCUT2D eigenvalue weighted by atomic mass is 9.93. The van der Waals surface area contributed by atoms with Crippen molar-refractivity contribution < 1.29 is 23.7 Å². The molecule has 1 atom stereocenters. The molecule has 1 aromatic heterocycles. The number of methoxy groups -OCH3 is 4. The van der Waals surface area contributed by atoms with Crippen LogP contribution in [0.15, 0.2) is 54.0 Å². The molecule has 4 rings (SSSR count). The van der Waals surface area contributed by atoms with E-state index in [1.165, 1.54) is 20.5 Å². The maximum Gasteiger partial charge on any atom is 0.255 e. The molecule has 1 amide bonds. The fraction of sp³-hybridized carbons (Fsp3) is 0.261. The minimum atomic E-state index is -0.628. The number of benzene rings is 2. The molecule has 0 saturated heterocycles. The van der Waals surface area contributed by atoms with E-state index in [9.17, 15) is 4.79 Å². The first-order chi connectivity index (χ1) is 16.0. The Kier molecular flexibility index (Phi) is 6.07. The molecular formula is C23H25N5O5. The monoisotopic (exact) mass is 451 g/mol. The average Bonchev–Trinajstić information content (AvgIpc) is 3.30. The molecular weight excluding hydrogens is 426 g/mol. The van der Waals surface area contributed by atoms with Crippen molar-refractivity contribution in [2.24, 2.45) is 0 Å². The zero-order chi connectivity index (χ0) is 23.5. The maximum atomic E-state index is 13.5. The molecule has 2 aromatic carbocycles. The van der Waals surface area contributed by atoms with E-state index in [4.69, 9.17) is 18.9 Å². The number of carbonyl (C=O) groups excluding carboxylic acids is 1. The topological polar surface area (TPSA) is 109 Å². The van der Waals surface area contributed by atoms with Gasteiger partial charge in [0.15, 0.2) is 11.5 Å². The van der Waals surface area contributed by atoms with Gasteiger partial charge >= 0.3 is 0 Å². The van der Waals surface area contributed by atoms with Crippen LogP contribution in [0.25, 0.3) is 0 Å². The Morgan fingerprint density at radius 3 is 2.33 bits per heavy atom. The van der Waals surface area contributed by atoms with Crippen LogP contribution in [0.3, 0.4) is 0 Å². The van der Waals surface area contributed by atoms with E-state index in [2.05, 4.69) is 20.7 Å². The van der Waals surface area contributed by atoms with Gasteiger partial charge in [0.1, 0.15) is 18.1 Å². The molecule has 10 nitrogen and oxygen atoms in total. The first kappa shape index (κ1) is 22.0. The number of rotatable bonds is 7. The van der Waals surface area contributed by atoms with Crippen LogP contribution in [-0.2, 0) is 4.79 Å². The number of amides is 1. The molecule has 0 saturated carbocycles. The van der Waals surface area contributed by atoms with Crippen molar-refractivity contribution in [3.05, 3.63) is 59.6 Å². The van der Waals surface area contributed by atoms with E-state index in [0.29, 0.717) is 51.5 Å². The Bertz CT molecular complexity index is 1200. The molecule has 1 aliphatic heterocycles. The van der Waals surface area contributed by atoms with Crippen molar-refractivity contribution >= 4 is 17.5 Å². The average molecular weight is 451 g/mol. The van der Waals surface area contributed by atoms with Crippen LogP contribution in [0.5, 0.6) is 23.0 Å². The number of ether oxygens (including phenoxy) is 4. The van der Waals surface area contributed by atoms with Crippen molar-refractivity contribution in [2.45, 2.75) is 13.0 Å². The molecule has 0 radical (unpaired) electrons. The van der Waals surface area contributed by atoms with E-state index >= 15 is 0 Å². The Labute approximate surface area is 191 Å². The SMILES string of the molecule is COc1ccc(NC(=O)C2=C(C)Nc3ncnn3[C@@H]2c2ccc(OC)c(OC)c2OC)cc1. The molecule has 1 aliphatic rings. The van der Waals surface area contributed by atoms with Gasteiger partial charge in [-0.05, 0) is 43.3 Å². The van der Waals surface area contributed by atoms with E-state index in [0.717, 1.165) is 0 Å². The summed E-state index contributed by atoms with van der Waals surface area (Å²) in [5.41, 5.74) is 2.39. The highest BCUT2D eigenvalue weighted by molar-refractivity contribution is 6.06. The molecule has 2 heterocycles. The summed E-state index contributed by atoms with van der Waals surface area (Å²) in [6, 6.07) is 10.1. The standard InChI is InChI=1S/C23H25N5O5/c1-13-18(22(29)27-14-6-8-15(30-2)9-7-14)19(28-23(26-13)24-12-25-28)16-10-11-17(31-3)21(33-5)20(16)32-4/h6-12,19H,1-5H3,(H,27,29)(H,24,25,26)/t19-/m1/s1. The first-order valence-corrected chi connectivity index (χ1v) is 10.1. The Morgan fingerprint density at radius 2 is 1.70 bits per heavy atom. The molecule has 0 spiro atoms. The van der Waals surface area contributed by atoms with Crippen molar-refractivity contribution in [2.75, 3.05) is 39.1 Å². The molecule has 10 heteroatoms. The summed E-state index contributed by atoms with van der Waals surface area (Å²) in [7, 11) is 6.21. The van der Waals surface area contributed by atoms with E-state index in [1.807, 2.05) is 13.0 Å². The van der Waals surface area contributed by atoms with E-state index in [-0.39, 0.29) is 5.91 Å². The molecule has 0 aliphatic carbocycles. The second-order valence-corrected chi connectivity index (χ2v) is 7.20. The highest BCUT2D eigenvalue weighted by Gasteiger charge is 2.36. The summed E-state index contributed by atoms with van der Waals surface area (Å²) in [6.45, 7) is 1.82. The van der Waals surface area contributed by atoms with Crippen molar-refractivity contribution in [1.29, 1.82) is 0 Å². The van der Waals surface area contributed by atoms with Gasteiger partial charge in [0, 0.05) is 16.9 Å². The molecule has 33 heavy (non-hydrogen) atoms. The summed E-state index contributed by atoms with van der Waals surface area (Å²) >= 11 is 0. The van der Waals surface area contributed by atoms with Crippen LogP contribution in [0.2, 0.25) is 0 Å². The van der Waals surface area contributed by atoms with Gasteiger partial charge in [0.2, 0.25) is 11.7 Å². The summed E-state index contributed by atoms with van der Waals surface area (Å²) in [5, 5.41) is 10.5. The number of carbonyl (C=O) groups is 1. The first-order valence-electron chi connectivity index (χ1n) is 10.1. The lowest BCUT2D eigenvalue weighted by molar-refractivity contribution is -0.113. The van der Waals surface area contributed by atoms with Gasteiger partial charge in [-0.2, -0.15) is 10.1 Å². The maximum absolute atomic E-state index is 13.5. The summed E-state index contributed by atoms with van der Waals surface area (Å²) in [4.78, 5) is 17.8. The normalized spacial score (nSPS) is 14.8. The Hall–Kier alpha value is -4.21. The largest absolute Gasteiger partial charge is 0.497 e. The van der Waals surface area contributed by atoms with Gasteiger partial charge in [-0.15, -0.1) is 0 Å². The minimum Gasteiger partial charge on any atom is -0.497 e. The zero-order valence-electron chi connectivity index (χ0n) is 19.0. The highest BCUT2D eigenvalue weighted by Crippen LogP contribution is 2.46. The van der Waals surface area contributed by atoms with Crippen LogP contribution >= 0.6 is 0 Å². The number of aromatic nitrogens is 3. The van der Waals surface area contributed by atoms with Crippen molar-refractivity contribution in [1.82, 2.24) is 14.8 Å². The van der Waals surface area contributed by atoms with Gasteiger partial charge in [-0.3, -0.25) is 4.79 Å². The number of hydrogen-bond acceptors (Lipinski definition) is 8. The van der Waals surface area contributed by atoms with Crippen molar-refractivity contribution in [3.8, 4) is 23.0 Å². The predicted octanol–water partition coefficient (Wildman–Crippen LogP) is 3.24. The van der Waals surface area contributed by atoms with Gasteiger partial charge < -0.3 is 29.6 Å². The van der Waals surface area contributed by atoms with Gasteiger partial charge in [0.25, 0.3) is 5.91 Å². The molecule has 0 fully saturated rings. The summed E-state index contributed by atoms with van der Waals surface area (Å²) in [6.07, 6.45) is 1.43. The molecule has 2 N–H and O–H groups in total.